The molecule has 2 heterocycles. The van der Waals surface area contributed by atoms with Gasteiger partial charge in [0.25, 0.3) is 5.91 Å². The Morgan fingerprint density at radius 1 is 1.23 bits per heavy atom. The molecule has 1 N–H and O–H groups in total. The molecule has 0 saturated heterocycles. The van der Waals surface area contributed by atoms with Crippen LogP contribution in [0.2, 0.25) is 0 Å². The average molecular weight is 297 g/mol. The lowest BCUT2D eigenvalue weighted by Gasteiger charge is -2.11. The van der Waals surface area contributed by atoms with Gasteiger partial charge in [-0.2, -0.15) is 0 Å². The first-order chi connectivity index (χ1) is 10.6. The summed E-state index contributed by atoms with van der Waals surface area (Å²) in [7, 11) is 0. The smallest absolute Gasteiger partial charge is 0.251 e. The molecule has 0 radical (unpaired) electrons. The molecular weight excluding hydrogens is 274 g/mol. The van der Waals surface area contributed by atoms with Crippen LogP contribution < -0.4 is 5.32 Å². The van der Waals surface area contributed by atoms with Crippen LogP contribution in [-0.4, -0.2) is 22.0 Å². The van der Waals surface area contributed by atoms with Crippen LogP contribution in [0.15, 0.2) is 24.4 Å². The van der Waals surface area contributed by atoms with E-state index in [2.05, 4.69) is 27.1 Å². The summed E-state index contributed by atoms with van der Waals surface area (Å²) in [4.78, 5) is 16.9. The van der Waals surface area contributed by atoms with E-state index < -0.39 is 0 Å². The standard InChI is InChI=1S/C18H23N3O/c1-13-9-14(2)11-15(10-13)18(22)19-7-6-16-12-21-8-4-3-5-17(21)20-16/h9-12H,3-8H2,1-2H3,(H,19,22). The molecule has 0 bridgehead atoms. The molecule has 116 valence electrons. The second-order valence-corrected chi connectivity index (χ2v) is 6.18. The van der Waals surface area contributed by atoms with Crippen molar-refractivity contribution in [2.24, 2.45) is 0 Å². The highest BCUT2D eigenvalue weighted by molar-refractivity contribution is 5.94. The van der Waals surface area contributed by atoms with Crippen molar-refractivity contribution in [3.63, 3.8) is 0 Å². The van der Waals surface area contributed by atoms with Gasteiger partial charge in [-0.3, -0.25) is 4.79 Å². The van der Waals surface area contributed by atoms with E-state index in [1.54, 1.807) is 0 Å². The molecule has 0 spiro atoms. The lowest BCUT2D eigenvalue weighted by molar-refractivity contribution is 0.0954. The highest BCUT2D eigenvalue weighted by Crippen LogP contribution is 2.14. The highest BCUT2D eigenvalue weighted by Gasteiger charge is 2.12. The van der Waals surface area contributed by atoms with Crippen molar-refractivity contribution in [3.8, 4) is 0 Å². The number of aromatic nitrogens is 2. The predicted molar refractivity (Wildman–Crippen MR) is 87.1 cm³/mol. The fraction of sp³-hybridized carbons (Fsp3) is 0.444. The largest absolute Gasteiger partial charge is 0.352 e. The number of aryl methyl sites for hydroxylation is 4. The lowest BCUT2D eigenvalue weighted by Crippen LogP contribution is -2.25. The van der Waals surface area contributed by atoms with Crippen LogP contribution in [0.4, 0.5) is 0 Å². The van der Waals surface area contributed by atoms with Gasteiger partial charge in [0, 0.05) is 37.7 Å². The van der Waals surface area contributed by atoms with Crippen LogP contribution in [-0.2, 0) is 19.4 Å². The number of carbonyl (C=O) groups excluding carboxylic acids is 1. The summed E-state index contributed by atoms with van der Waals surface area (Å²) in [6.07, 6.45) is 6.48. The molecule has 22 heavy (non-hydrogen) atoms. The van der Waals surface area contributed by atoms with Crippen molar-refractivity contribution in [3.05, 3.63) is 52.6 Å². The number of imidazole rings is 1. The van der Waals surface area contributed by atoms with Gasteiger partial charge in [0.15, 0.2) is 0 Å². The van der Waals surface area contributed by atoms with E-state index in [0.29, 0.717) is 6.54 Å². The summed E-state index contributed by atoms with van der Waals surface area (Å²) < 4.78 is 2.25. The monoisotopic (exact) mass is 297 g/mol. The quantitative estimate of drug-likeness (QED) is 0.943. The molecule has 0 unspecified atom stereocenters. The lowest BCUT2D eigenvalue weighted by atomic mass is 10.1. The van der Waals surface area contributed by atoms with Crippen LogP contribution in [0.1, 0.15) is 45.8 Å². The van der Waals surface area contributed by atoms with Gasteiger partial charge in [-0.15, -0.1) is 0 Å². The topological polar surface area (TPSA) is 46.9 Å². The Morgan fingerprint density at radius 3 is 2.73 bits per heavy atom. The first-order valence-electron chi connectivity index (χ1n) is 8.03. The number of benzene rings is 1. The molecule has 0 atom stereocenters. The SMILES string of the molecule is Cc1cc(C)cc(C(=O)NCCc2cn3c(n2)CCCC3)c1. The summed E-state index contributed by atoms with van der Waals surface area (Å²) in [6.45, 7) is 5.73. The third-order valence-electron chi connectivity index (χ3n) is 4.11. The average Bonchev–Trinajstić information content (AvgIpc) is 2.88. The summed E-state index contributed by atoms with van der Waals surface area (Å²) in [5, 5.41) is 2.99. The third kappa shape index (κ3) is 3.38. The van der Waals surface area contributed by atoms with Crippen LogP contribution in [0.25, 0.3) is 0 Å². The molecule has 1 aromatic heterocycles. The molecule has 1 aromatic carbocycles. The van der Waals surface area contributed by atoms with Crippen molar-refractivity contribution in [2.45, 2.75) is 46.1 Å². The molecule has 4 heteroatoms. The number of hydrogen-bond acceptors (Lipinski definition) is 2. The number of nitrogens with zero attached hydrogens (tertiary/aromatic N) is 2. The second-order valence-electron chi connectivity index (χ2n) is 6.18. The summed E-state index contributed by atoms with van der Waals surface area (Å²) >= 11 is 0. The Labute approximate surface area is 131 Å². The Kier molecular flexibility index (Phi) is 4.27. The normalized spacial score (nSPS) is 13.7. The maximum atomic E-state index is 12.2. The number of carbonyl (C=O) groups is 1. The van der Waals surface area contributed by atoms with Gasteiger partial charge < -0.3 is 9.88 Å². The molecular formula is C18H23N3O. The minimum atomic E-state index is -0.00391. The summed E-state index contributed by atoms with van der Waals surface area (Å²) in [5.41, 5.74) is 4.05. The van der Waals surface area contributed by atoms with Crippen LogP contribution in [0.5, 0.6) is 0 Å². The number of nitrogens with one attached hydrogen (secondary N) is 1. The second kappa shape index (κ2) is 6.34. The van der Waals surface area contributed by atoms with E-state index >= 15 is 0 Å². The molecule has 2 aromatic rings. The Morgan fingerprint density at radius 2 is 2.00 bits per heavy atom. The molecule has 0 aliphatic carbocycles. The van der Waals surface area contributed by atoms with Crippen molar-refractivity contribution in [2.75, 3.05) is 6.54 Å². The number of fused-ring (bicyclic) bond motifs is 1. The van der Waals surface area contributed by atoms with Crippen molar-refractivity contribution in [1.82, 2.24) is 14.9 Å². The molecule has 0 fully saturated rings. The predicted octanol–water partition coefficient (Wildman–Crippen LogP) is 2.81. The molecule has 4 nitrogen and oxygen atoms in total. The molecule has 1 aliphatic heterocycles. The number of hydrogen-bond donors (Lipinski definition) is 1. The van der Waals surface area contributed by atoms with Crippen molar-refractivity contribution >= 4 is 5.91 Å². The first-order valence-corrected chi connectivity index (χ1v) is 8.03. The molecule has 1 aliphatic rings. The van der Waals surface area contributed by atoms with E-state index in [9.17, 15) is 4.79 Å². The van der Waals surface area contributed by atoms with Gasteiger partial charge in [-0.25, -0.2) is 4.98 Å². The van der Waals surface area contributed by atoms with Crippen molar-refractivity contribution < 1.29 is 4.79 Å². The zero-order chi connectivity index (χ0) is 15.5. The summed E-state index contributed by atoms with van der Waals surface area (Å²) in [6, 6.07) is 5.93. The zero-order valence-corrected chi connectivity index (χ0v) is 13.4. The maximum Gasteiger partial charge on any atom is 0.251 e. The fourth-order valence-electron chi connectivity index (χ4n) is 3.10. The van der Waals surface area contributed by atoms with Gasteiger partial charge in [-0.05, 0) is 38.8 Å². The minimum Gasteiger partial charge on any atom is -0.352 e. The highest BCUT2D eigenvalue weighted by atomic mass is 16.1. The van der Waals surface area contributed by atoms with Gasteiger partial charge in [0.2, 0.25) is 0 Å². The zero-order valence-electron chi connectivity index (χ0n) is 13.4. The van der Waals surface area contributed by atoms with Gasteiger partial charge in [0.1, 0.15) is 5.82 Å². The van der Waals surface area contributed by atoms with E-state index in [0.717, 1.165) is 41.8 Å². The Balaban J connectivity index is 1.56. The van der Waals surface area contributed by atoms with E-state index in [1.165, 1.54) is 18.7 Å². The Bertz CT molecular complexity index is 644. The van der Waals surface area contributed by atoms with E-state index in [-0.39, 0.29) is 5.91 Å². The number of rotatable bonds is 4. The van der Waals surface area contributed by atoms with Crippen LogP contribution >= 0.6 is 0 Å². The van der Waals surface area contributed by atoms with Crippen LogP contribution in [0, 0.1) is 13.8 Å². The maximum absolute atomic E-state index is 12.2. The first kappa shape index (κ1) is 14.8. The Hall–Kier alpha value is -2.10. The third-order valence-corrected chi connectivity index (χ3v) is 4.11. The molecule has 1 amide bonds. The molecule has 3 rings (SSSR count). The van der Waals surface area contributed by atoms with Crippen molar-refractivity contribution in [1.29, 1.82) is 0 Å². The number of amides is 1. The van der Waals surface area contributed by atoms with E-state index in [4.69, 9.17) is 0 Å². The summed E-state index contributed by atoms with van der Waals surface area (Å²) in [5.74, 6) is 1.19. The fourth-order valence-corrected chi connectivity index (χ4v) is 3.10. The van der Waals surface area contributed by atoms with Crippen LogP contribution in [0.3, 0.4) is 0 Å². The van der Waals surface area contributed by atoms with Gasteiger partial charge in [0.05, 0.1) is 5.69 Å². The van der Waals surface area contributed by atoms with Gasteiger partial charge >= 0.3 is 0 Å². The molecule has 0 saturated carbocycles. The van der Waals surface area contributed by atoms with E-state index in [1.807, 2.05) is 26.0 Å². The van der Waals surface area contributed by atoms with Gasteiger partial charge in [-0.1, -0.05) is 17.2 Å². The minimum absolute atomic E-state index is 0.00391.